The van der Waals surface area contributed by atoms with E-state index in [1.165, 1.54) is 0 Å². The smallest absolute Gasteiger partial charge is 0.125 e. The van der Waals surface area contributed by atoms with Crippen molar-refractivity contribution in [3.63, 3.8) is 0 Å². The van der Waals surface area contributed by atoms with E-state index in [0.29, 0.717) is 12.3 Å². The molecule has 1 fully saturated rings. The first-order chi connectivity index (χ1) is 8.72. The van der Waals surface area contributed by atoms with Gasteiger partial charge in [0.25, 0.3) is 0 Å². The van der Waals surface area contributed by atoms with Crippen LogP contribution in [0.4, 0.5) is 0 Å². The highest BCUT2D eigenvalue weighted by molar-refractivity contribution is 5.41. The van der Waals surface area contributed by atoms with Gasteiger partial charge in [0.2, 0.25) is 0 Å². The molecule has 0 radical (unpaired) electrons. The number of para-hydroxylation sites is 1. The third kappa shape index (κ3) is 3.03. The number of aryl methyl sites for hydroxylation is 1. The van der Waals surface area contributed by atoms with Crippen molar-refractivity contribution in [3.05, 3.63) is 29.3 Å². The topological polar surface area (TPSA) is 41.5 Å². The fraction of sp³-hybridized carbons (Fsp3) is 0.600. The summed E-state index contributed by atoms with van der Waals surface area (Å²) < 4.78 is 5.44. The number of aliphatic hydroxyl groups is 1. The minimum Gasteiger partial charge on any atom is -0.496 e. The molecule has 1 unspecified atom stereocenters. The largest absolute Gasteiger partial charge is 0.496 e. The van der Waals surface area contributed by atoms with Gasteiger partial charge in [-0.25, -0.2) is 0 Å². The summed E-state index contributed by atoms with van der Waals surface area (Å²) in [5.41, 5.74) is 2.25. The number of ether oxygens (including phenoxy) is 1. The van der Waals surface area contributed by atoms with Gasteiger partial charge >= 0.3 is 0 Å². The van der Waals surface area contributed by atoms with E-state index in [0.717, 1.165) is 42.8 Å². The van der Waals surface area contributed by atoms with Crippen molar-refractivity contribution in [2.45, 2.75) is 32.3 Å². The Hall–Kier alpha value is -1.06. The van der Waals surface area contributed by atoms with Crippen LogP contribution in [-0.2, 0) is 6.42 Å². The highest BCUT2D eigenvalue weighted by Crippen LogP contribution is 2.27. The average molecular weight is 249 g/mol. The van der Waals surface area contributed by atoms with Crippen molar-refractivity contribution < 1.29 is 9.84 Å². The molecular weight excluding hydrogens is 226 g/mol. The third-order valence-electron chi connectivity index (χ3n) is 3.85. The lowest BCUT2D eigenvalue weighted by Crippen LogP contribution is -2.35. The number of nitrogens with one attached hydrogen (secondary N) is 1. The van der Waals surface area contributed by atoms with E-state index in [2.05, 4.69) is 11.4 Å². The van der Waals surface area contributed by atoms with Gasteiger partial charge in [0.1, 0.15) is 5.75 Å². The van der Waals surface area contributed by atoms with Crippen LogP contribution in [0.15, 0.2) is 18.2 Å². The number of methoxy groups -OCH3 is 1. The molecule has 1 saturated heterocycles. The Labute approximate surface area is 109 Å². The standard InChI is InChI=1S/C15H23NO2/c1-11-4-3-5-13(15(11)18-2)10-14(17)12-6-8-16-9-7-12/h3-5,12,14,16-17H,6-10H2,1-2H3. The van der Waals surface area contributed by atoms with E-state index in [9.17, 15) is 5.11 Å². The molecule has 1 aromatic carbocycles. The summed E-state index contributed by atoms with van der Waals surface area (Å²) in [7, 11) is 1.70. The molecule has 1 heterocycles. The van der Waals surface area contributed by atoms with E-state index in [-0.39, 0.29) is 6.10 Å². The molecule has 3 heteroatoms. The lowest BCUT2D eigenvalue weighted by molar-refractivity contribution is 0.0884. The first kappa shape index (κ1) is 13.4. The summed E-state index contributed by atoms with van der Waals surface area (Å²) in [4.78, 5) is 0. The van der Waals surface area contributed by atoms with Crippen LogP contribution in [0, 0.1) is 12.8 Å². The van der Waals surface area contributed by atoms with Gasteiger partial charge in [-0.2, -0.15) is 0 Å². The van der Waals surface area contributed by atoms with Crippen molar-refractivity contribution in [1.29, 1.82) is 0 Å². The van der Waals surface area contributed by atoms with E-state index in [4.69, 9.17) is 4.74 Å². The van der Waals surface area contributed by atoms with Crippen LogP contribution >= 0.6 is 0 Å². The monoisotopic (exact) mass is 249 g/mol. The molecule has 0 aromatic heterocycles. The van der Waals surface area contributed by atoms with Gasteiger partial charge in [-0.05, 0) is 49.9 Å². The molecule has 18 heavy (non-hydrogen) atoms. The Kier molecular flexibility index (Phi) is 4.61. The highest BCUT2D eigenvalue weighted by atomic mass is 16.5. The van der Waals surface area contributed by atoms with Crippen molar-refractivity contribution >= 4 is 0 Å². The van der Waals surface area contributed by atoms with Crippen molar-refractivity contribution in [1.82, 2.24) is 5.32 Å². The molecule has 0 spiro atoms. The minimum absolute atomic E-state index is 0.261. The van der Waals surface area contributed by atoms with Crippen LogP contribution in [0.5, 0.6) is 5.75 Å². The maximum atomic E-state index is 10.4. The van der Waals surface area contributed by atoms with E-state index < -0.39 is 0 Å². The van der Waals surface area contributed by atoms with Crippen LogP contribution in [0.2, 0.25) is 0 Å². The maximum Gasteiger partial charge on any atom is 0.125 e. The van der Waals surface area contributed by atoms with E-state index >= 15 is 0 Å². The maximum absolute atomic E-state index is 10.4. The van der Waals surface area contributed by atoms with E-state index in [1.807, 2.05) is 19.1 Å². The average Bonchev–Trinajstić information content (AvgIpc) is 2.40. The number of rotatable bonds is 4. The molecule has 0 aliphatic carbocycles. The molecule has 3 nitrogen and oxygen atoms in total. The Morgan fingerprint density at radius 1 is 1.39 bits per heavy atom. The summed E-state index contributed by atoms with van der Waals surface area (Å²) >= 11 is 0. The van der Waals surface area contributed by atoms with Crippen LogP contribution in [0.25, 0.3) is 0 Å². The number of benzene rings is 1. The second kappa shape index (κ2) is 6.21. The minimum atomic E-state index is -0.261. The molecule has 0 saturated carbocycles. The molecule has 1 atom stereocenters. The Balaban J connectivity index is 2.06. The van der Waals surface area contributed by atoms with Gasteiger partial charge in [-0.15, -0.1) is 0 Å². The molecule has 0 bridgehead atoms. The zero-order valence-electron chi connectivity index (χ0n) is 11.3. The molecular formula is C15H23NO2. The summed E-state index contributed by atoms with van der Waals surface area (Å²) in [5.74, 6) is 1.34. The molecule has 100 valence electrons. The Morgan fingerprint density at radius 3 is 2.78 bits per heavy atom. The first-order valence-electron chi connectivity index (χ1n) is 6.73. The lowest BCUT2D eigenvalue weighted by Gasteiger charge is -2.27. The molecule has 1 aromatic rings. The predicted molar refractivity (Wildman–Crippen MR) is 73.0 cm³/mol. The first-order valence-corrected chi connectivity index (χ1v) is 6.73. The van der Waals surface area contributed by atoms with Gasteiger partial charge in [-0.3, -0.25) is 0 Å². The van der Waals surface area contributed by atoms with Gasteiger partial charge in [0.15, 0.2) is 0 Å². The van der Waals surface area contributed by atoms with Crippen molar-refractivity contribution in [2.75, 3.05) is 20.2 Å². The number of aliphatic hydroxyl groups excluding tert-OH is 1. The Bertz CT molecular complexity index is 386. The Morgan fingerprint density at radius 2 is 2.11 bits per heavy atom. The molecule has 2 rings (SSSR count). The van der Waals surface area contributed by atoms with Gasteiger partial charge in [0.05, 0.1) is 13.2 Å². The SMILES string of the molecule is COc1c(C)cccc1CC(O)C1CCNCC1. The van der Waals surface area contributed by atoms with Crippen LogP contribution in [-0.4, -0.2) is 31.4 Å². The second-order valence-corrected chi connectivity index (χ2v) is 5.13. The van der Waals surface area contributed by atoms with Crippen molar-refractivity contribution in [3.8, 4) is 5.75 Å². The quantitative estimate of drug-likeness (QED) is 0.856. The summed E-state index contributed by atoms with van der Waals surface area (Å²) in [6.07, 6.45) is 2.56. The second-order valence-electron chi connectivity index (χ2n) is 5.13. The van der Waals surface area contributed by atoms with Crippen LogP contribution < -0.4 is 10.1 Å². The molecule has 0 amide bonds. The van der Waals surface area contributed by atoms with Gasteiger partial charge < -0.3 is 15.2 Å². The molecule has 1 aliphatic heterocycles. The van der Waals surface area contributed by atoms with Gasteiger partial charge in [0, 0.05) is 6.42 Å². The highest BCUT2D eigenvalue weighted by Gasteiger charge is 2.22. The zero-order valence-corrected chi connectivity index (χ0v) is 11.3. The van der Waals surface area contributed by atoms with E-state index in [1.54, 1.807) is 7.11 Å². The zero-order chi connectivity index (χ0) is 13.0. The molecule has 2 N–H and O–H groups in total. The normalized spacial score (nSPS) is 18.6. The third-order valence-corrected chi connectivity index (χ3v) is 3.85. The fourth-order valence-corrected chi connectivity index (χ4v) is 2.79. The van der Waals surface area contributed by atoms with Crippen LogP contribution in [0.1, 0.15) is 24.0 Å². The number of hydrogen-bond donors (Lipinski definition) is 2. The summed E-state index contributed by atoms with van der Waals surface area (Å²) in [6.45, 7) is 4.08. The van der Waals surface area contributed by atoms with Crippen molar-refractivity contribution in [2.24, 2.45) is 5.92 Å². The predicted octanol–water partition coefficient (Wildman–Crippen LogP) is 1.91. The number of piperidine rings is 1. The summed E-state index contributed by atoms with van der Waals surface area (Å²) in [6, 6.07) is 6.12. The molecule has 1 aliphatic rings. The van der Waals surface area contributed by atoms with Crippen LogP contribution in [0.3, 0.4) is 0 Å². The number of hydrogen-bond acceptors (Lipinski definition) is 3. The lowest BCUT2D eigenvalue weighted by atomic mass is 9.88. The fourth-order valence-electron chi connectivity index (χ4n) is 2.79. The summed E-state index contributed by atoms with van der Waals surface area (Å²) in [5, 5.41) is 13.7. The van der Waals surface area contributed by atoms with Gasteiger partial charge in [-0.1, -0.05) is 18.2 Å².